The summed E-state index contributed by atoms with van der Waals surface area (Å²) >= 11 is 0. The van der Waals surface area contributed by atoms with Gasteiger partial charge in [0.25, 0.3) is 0 Å². The van der Waals surface area contributed by atoms with Crippen LogP contribution in [0.1, 0.15) is 0 Å². The number of hydrogen-bond donors (Lipinski definition) is 0. The van der Waals surface area contributed by atoms with Crippen molar-refractivity contribution in [2.24, 2.45) is 0 Å². The Hall–Kier alpha value is -7.94. The summed E-state index contributed by atoms with van der Waals surface area (Å²) in [4.78, 5) is 2.44. The molecule has 0 aliphatic carbocycles. The minimum atomic E-state index is 0.877. The lowest BCUT2D eigenvalue weighted by molar-refractivity contribution is 0.669. The molecule has 0 fully saturated rings. The van der Waals surface area contributed by atoms with Crippen molar-refractivity contribution in [1.82, 2.24) is 0 Å². The SMILES string of the molecule is c1ccc(-c2ccc(-c3ccc(N(c4ccccc4-c4ccccc4-c4ccc5ccccc5c4)c4ccccc4-c4cccc5oc6ccccc6c45)cc3)cc2)cc1. The van der Waals surface area contributed by atoms with Crippen LogP contribution in [0, 0.1) is 0 Å². The molecule has 60 heavy (non-hydrogen) atoms. The predicted molar refractivity (Wildman–Crippen MR) is 253 cm³/mol. The molecular formula is C58H39NO. The van der Waals surface area contributed by atoms with E-state index in [0.29, 0.717) is 0 Å². The Labute approximate surface area is 349 Å². The van der Waals surface area contributed by atoms with Gasteiger partial charge in [-0.25, -0.2) is 0 Å². The van der Waals surface area contributed by atoms with Gasteiger partial charge in [0.2, 0.25) is 0 Å². The molecule has 11 aromatic rings. The standard InChI is InChI=1S/C58H39NO/c1-2-15-40(16-3-1)42-29-31-43(32-30-42)44-35-37-47(38-36-44)59(55-26-12-9-22-51(55)52-24-14-28-57-58(52)53-23-10-13-27-56(53)60-57)54-25-11-8-21-50(54)49-20-7-6-19-48(49)46-34-33-41-17-4-5-18-45(41)39-46/h1-39H. The first-order valence-corrected chi connectivity index (χ1v) is 20.5. The lowest BCUT2D eigenvalue weighted by atomic mass is 9.91. The molecule has 0 amide bonds. The molecule has 0 unspecified atom stereocenters. The molecule has 2 heteroatoms. The Morgan fingerprint density at radius 3 is 1.48 bits per heavy atom. The van der Waals surface area contributed by atoms with E-state index in [0.717, 1.165) is 61.3 Å². The Kier molecular flexibility index (Phi) is 8.87. The van der Waals surface area contributed by atoms with Gasteiger partial charge in [-0.15, -0.1) is 0 Å². The Balaban J connectivity index is 1.09. The van der Waals surface area contributed by atoms with E-state index in [-0.39, 0.29) is 0 Å². The summed E-state index contributed by atoms with van der Waals surface area (Å²) in [7, 11) is 0. The normalized spacial score (nSPS) is 11.3. The van der Waals surface area contributed by atoms with Crippen LogP contribution in [0.4, 0.5) is 17.1 Å². The second kappa shape index (κ2) is 15.1. The van der Waals surface area contributed by atoms with Crippen molar-refractivity contribution < 1.29 is 4.42 Å². The lowest BCUT2D eigenvalue weighted by Crippen LogP contribution is -2.12. The third-order valence-corrected chi connectivity index (χ3v) is 11.7. The van der Waals surface area contributed by atoms with Crippen LogP contribution >= 0.6 is 0 Å². The first kappa shape index (κ1) is 35.2. The van der Waals surface area contributed by atoms with Crippen molar-refractivity contribution in [2.75, 3.05) is 4.90 Å². The summed E-state index contributed by atoms with van der Waals surface area (Å²) in [6, 6.07) is 84.9. The molecule has 282 valence electrons. The van der Waals surface area contributed by atoms with Crippen molar-refractivity contribution in [3.63, 3.8) is 0 Å². The van der Waals surface area contributed by atoms with E-state index in [1.54, 1.807) is 0 Å². The maximum Gasteiger partial charge on any atom is 0.136 e. The third-order valence-electron chi connectivity index (χ3n) is 11.7. The van der Waals surface area contributed by atoms with Gasteiger partial charge in [-0.3, -0.25) is 0 Å². The van der Waals surface area contributed by atoms with E-state index < -0.39 is 0 Å². The van der Waals surface area contributed by atoms with Crippen molar-refractivity contribution in [1.29, 1.82) is 0 Å². The third kappa shape index (κ3) is 6.32. The number of hydrogen-bond acceptors (Lipinski definition) is 2. The van der Waals surface area contributed by atoms with Crippen LogP contribution in [0.25, 0.3) is 88.3 Å². The van der Waals surface area contributed by atoms with E-state index in [2.05, 4.69) is 235 Å². The topological polar surface area (TPSA) is 16.4 Å². The first-order valence-electron chi connectivity index (χ1n) is 20.5. The number of anilines is 3. The highest BCUT2D eigenvalue weighted by molar-refractivity contribution is 6.14. The molecule has 0 saturated heterocycles. The number of para-hydroxylation sites is 3. The van der Waals surface area contributed by atoms with Gasteiger partial charge >= 0.3 is 0 Å². The van der Waals surface area contributed by atoms with Crippen LogP contribution in [0.5, 0.6) is 0 Å². The highest BCUT2D eigenvalue weighted by atomic mass is 16.3. The molecule has 2 nitrogen and oxygen atoms in total. The summed E-state index contributed by atoms with van der Waals surface area (Å²) in [5.41, 5.74) is 16.7. The van der Waals surface area contributed by atoms with Gasteiger partial charge in [0.05, 0.1) is 11.4 Å². The number of rotatable bonds is 8. The molecule has 1 aromatic heterocycles. The number of fused-ring (bicyclic) bond motifs is 4. The van der Waals surface area contributed by atoms with E-state index in [9.17, 15) is 0 Å². The molecule has 11 rings (SSSR count). The fraction of sp³-hybridized carbons (Fsp3) is 0. The minimum Gasteiger partial charge on any atom is -0.456 e. The van der Waals surface area contributed by atoms with Crippen molar-refractivity contribution >= 4 is 49.8 Å². The monoisotopic (exact) mass is 765 g/mol. The van der Waals surface area contributed by atoms with E-state index in [4.69, 9.17) is 4.42 Å². The van der Waals surface area contributed by atoms with Gasteiger partial charge in [-0.05, 0) is 97.7 Å². The second-order valence-corrected chi connectivity index (χ2v) is 15.2. The number of nitrogens with zero attached hydrogens (tertiary/aromatic N) is 1. The summed E-state index contributed by atoms with van der Waals surface area (Å²) in [5.74, 6) is 0. The zero-order valence-electron chi connectivity index (χ0n) is 32.9. The number of furan rings is 1. The largest absolute Gasteiger partial charge is 0.456 e. The zero-order valence-corrected chi connectivity index (χ0v) is 32.9. The smallest absolute Gasteiger partial charge is 0.136 e. The molecule has 10 aromatic carbocycles. The van der Waals surface area contributed by atoms with Gasteiger partial charge in [0, 0.05) is 27.6 Å². The minimum absolute atomic E-state index is 0.877. The Bertz CT molecular complexity index is 3310. The highest BCUT2D eigenvalue weighted by Gasteiger charge is 2.23. The summed E-state index contributed by atoms with van der Waals surface area (Å²) in [5, 5.41) is 4.68. The maximum atomic E-state index is 6.42. The average molecular weight is 766 g/mol. The van der Waals surface area contributed by atoms with Gasteiger partial charge < -0.3 is 9.32 Å². The molecule has 1 heterocycles. The van der Waals surface area contributed by atoms with Crippen LogP contribution in [0.3, 0.4) is 0 Å². The highest BCUT2D eigenvalue weighted by Crippen LogP contribution is 2.48. The predicted octanol–water partition coefficient (Wildman–Crippen LogP) is 16.5. The van der Waals surface area contributed by atoms with E-state index >= 15 is 0 Å². The van der Waals surface area contributed by atoms with Gasteiger partial charge in [0.1, 0.15) is 11.2 Å². The Morgan fingerprint density at radius 1 is 0.283 bits per heavy atom. The fourth-order valence-corrected chi connectivity index (χ4v) is 8.82. The van der Waals surface area contributed by atoms with Crippen LogP contribution < -0.4 is 4.90 Å². The lowest BCUT2D eigenvalue weighted by Gasteiger charge is -2.30. The van der Waals surface area contributed by atoms with E-state index in [1.807, 2.05) is 6.07 Å². The maximum absolute atomic E-state index is 6.42. The van der Waals surface area contributed by atoms with Crippen LogP contribution in [0.15, 0.2) is 241 Å². The molecule has 0 aliphatic rings. The van der Waals surface area contributed by atoms with E-state index in [1.165, 1.54) is 44.2 Å². The molecule has 0 spiro atoms. The number of benzene rings is 10. The molecule has 0 radical (unpaired) electrons. The molecule has 0 saturated carbocycles. The quantitative estimate of drug-likeness (QED) is 0.153. The summed E-state index contributed by atoms with van der Waals surface area (Å²) in [6.07, 6.45) is 0. The average Bonchev–Trinajstić information content (AvgIpc) is 3.72. The molecular weight excluding hydrogens is 727 g/mol. The summed E-state index contributed by atoms with van der Waals surface area (Å²) < 4.78 is 6.42. The molecule has 0 atom stereocenters. The summed E-state index contributed by atoms with van der Waals surface area (Å²) in [6.45, 7) is 0. The van der Waals surface area contributed by atoms with Crippen molar-refractivity contribution in [3.05, 3.63) is 237 Å². The van der Waals surface area contributed by atoms with Gasteiger partial charge in [-0.1, -0.05) is 194 Å². The molecule has 0 bridgehead atoms. The van der Waals surface area contributed by atoms with Crippen LogP contribution in [-0.4, -0.2) is 0 Å². The fourth-order valence-electron chi connectivity index (χ4n) is 8.82. The molecule has 0 N–H and O–H groups in total. The van der Waals surface area contributed by atoms with Gasteiger partial charge in [-0.2, -0.15) is 0 Å². The second-order valence-electron chi connectivity index (χ2n) is 15.2. The van der Waals surface area contributed by atoms with Crippen LogP contribution in [0.2, 0.25) is 0 Å². The van der Waals surface area contributed by atoms with Crippen molar-refractivity contribution in [3.8, 4) is 55.6 Å². The van der Waals surface area contributed by atoms with Gasteiger partial charge in [0.15, 0.2) is 0 Å². The Morgan fingerprint density at radius 2 is 0.767 bits per heavy atom. The molecule has 0 aliphatic heterocycles. The zero-order chi connectivity index (χ0) is 39.8. The first-order chi connectivity index (χ1) is 29.8. The van der Waals surface area contributed by atoms with Crippen molar-refractivity contribution in [2.45, 2.75) is 0 Å². The van der Waals surface area contributed by atoms with Crippen LogP contribution in [-0.2, 0) is 0 Å².